The van der Waals surface area contributed by atoms with E-state index in [-0.39, 0.29) is 11.1 Å². The summed E-state index contributed by atoms with van der Waals surface area (Å²) >= 11 is 8.72. The second kappa shape index (κ2) is 28.0. The molecule has 5 heterocycles. The van der Waals surface area contributed by atoms with Gasteiger partial charge in [-0.25, -0.2) is 43.3 Å². The molecule has 1 fully saturated rings. The summed E-state index contributed by atoms with van der Waals surface area (Å²) in [6.45, 7) is 7.93. The average Bonchev–Trinajstić information content (AvgIpc) is 2.65. The number of thiazole rings is 2. The maximum atomic E-state index is 15.2. The number of nitrogens with one attached hydrogen (secondary N) is 2. The summed E-state index contributed by atoms with van der Waals surface area (Å²) in [6.07, 6.45) is 2.82. The van der Waals surface area contributed by atoms with Crippen LogP contribution in [0.3, 0.4) is 0 Å². The molecular formula is C64H58BClF2N8O10S2. The zero-order valence-electron chi connectivity index (χ0n) is 49.3. The maximum absolute atomic E-state index is 15.2. The van der Waals surface area contributed by atoms with Crippen LogP contribution in [-0.4, -0.2) is 103 Å². The molecule has 0 spiro atoms. The third-order valence-corrected chi connectivity index (χ3v) is 15.6. The molecule has 10 aromatic rings. The van der Waals surface area contributed by atoms with Crippen LogP contribution in [0.5, 0.6) is 23.0 Å². The van der Waals surface area contributed by atoms with Gasteiger partial charge in [0.1, 0.15) is 27.5 Å². The summed E-state index contributed by atoms with van der Waals surface area (Å²) < 4.78 is 72.7. The first-order valence-electron chi connectivity index (χ1n) is 26.9. The maximum Gasteiger partial charge on any atom is 0.494 e. The third kappa shape index (κ3) is 14.9. The van der Waals surface area contributed by atoms with E-state index in [0.29, 0.717) is 95.3 Å². The summed E-state index contributed by atoms with van der Waals surface area (Å²) in [7, 11) is 8.42. The number of nitrogens with zero attached hydrogens (tertiary/aromatic N) is 6. The summed E-state index contributed by atoms with van der Waals surface area (Å²) in [5.41, 5.74) is 9.59. The standard InChI is InChI=1S/C29H23FN4O4S.C22H24BFO4.C13H11ClN4O2S/c1-36-23-12-11-21(15-24(23)37-2)32-27-25-28(39-16-31-25)34-26(33-27)20-6-4-5-19(14-20)22(30)13-17-7-9-18(10-8-17)29(35)38-3;1-21(2)22(3,4)28-23(27-21)18-8-6-7-17(14-18)19(24)13-15-9-11-16(12-10-15)20(25)26-5;1-19-8-4-3-7(5-9(8)20-2)16-11-10-12(21-6-15-10)18-13(14)17-11/h4-16H,1-3H3,(H,32,33,34);6-14H,1-5H3;3-6H,1-2H3,(H,16,17,18)/b22-13-;19-13-;. The molecule has 88 heavy (non-hydrogen) atoms. The zero-order chi connectivity index (χ0) is 62.7. The van der Waals surface area contributed by atoms with Gasteiger partial charge in [0.15, 0.2) is 45.3 Å². The summed E-state index contributed by atoms with van der Waals surface area (Å²) in [4.78, 5) is 50.9. The number of carbonyl (C=O) groups is 2. The van der Waals surface area contributed by atoms with E-state index in [1.807, 2.05) is 64.1 Å². The number of ether oxygens (including phenoxy) is 6. The van der Waals surface area contributed by atoms with Crippen LogP contribution in [-0.2, 0) is 18.8 Å². The Morgan fingerprint density at radius 2 is 0.989 bits per heavy atom. The van der Waals surface area contributed by atoms with Crippen LogP contribution in [0.2, 0.25) is 5.28 Å². The Labute approximate surface area is 519 Å². The van der Waals surface area contributed by atoms with Crippen molar-refractivity contribution in [2.75, 3.05) is 53.3 Å². The van der Waals surface area contributed by atoms with Crippen LogP contribution in [0.25, 0.3) is 55.9 Å². The van der Waals surface area contributed by atoms with Gasteiger partial charge >= 0.3 is 19.1 Å². The molecule has 0 saturated carbocycles. The molecule has 450 valence electrons. The Morgan fingerprint density at radius 1 is 0.534 bits per heavy atom. The number of anilines is 4. The molecule has 0 amide bonds. The Kier molecular flexibility index (Phi) is 20.1. The first-order chi connectivity index (χ1) is 42.3. The molecule has 0 bridgehead atoms. The van der Waals surface area contributed by atoms with Gasteiger partial charge in [-0.1, -0.05) is 66.7 Å². The SMILES string of the molecule is COC(=O)c1ccc(/C=C(\F)c2cccc(-c3nc(Nc4ccc(OC)c(OC)c4)c4ncsc4n3)c2)cc1.COC(=O)c1ccc(/C=C(\F)c2cccc(B3OC(C)(C)C(C)(C)O3)c2)cc1.COc1ccc(Nc2nc(Cl)nc3scnc23)cc1OC. The number of hydrogen-bond donors (Lipinski definition) is 2. The molecule has 1 aliphatic rings. The lowest BCUT2D eigenvalue weighted by molar-refractivity contribution is 0.00578. The van der Waals surface area contributed by atoms with Crippen LogP contribution < -0.4 is 35.0 Å². The van der Waals surface area contributed by atoms with Gasteiger partial charge in [0.05, 0.1) is 76.0 Å². The summed E-state index contributed by atoms with van der Waals surface area (Å²) in [6, 6.07) is 38.0. The lowest BCUT2D eigenvalue weighted by Gasteiger charge is -2.32. The first-order valence-corrected chi connectivity index (χ1v) is 29.0. The van der Waals surface area contributed by atoms with Crippen molar-refractivity contribution in [2.24, 2.45) is 0 Å². The highest BCUT2D eigenvalue weighted by Crippen LogP contribution is 2.38. The van der Waals surface area contributed by atoms with E-state index in [2.05, 4.69) is 40.3 Å². The van der Waals surface area contributed by atoms with Crippen molar-refractivity contribution < 1.29 is 56.1 Å². The number of hydrogen-bond acceptors (Lipinski definition) is 20. The van der Waals surface area contributed by atoms with Gasteiger partial charge in [-0.3, -0.25) is 0 Å². The van der Waals surface area contributed by atoms with Gasteiger partial charge in [0.25, 0.3) is 0 Å². The van der Waals surface area contributed by atoms with E-state index >= 15 is 4.39 Å². The fourth-order valence-corrected chi connectivity index (χ4v) is 10.2. The largest absolute Gasteiger partial charge is 0.494 e. The van der Waals surface area contributed by atoms with Crippen LogP contribution in [0.4, 0.5) is 31.8 Å². The highest BCUT2D eigenvalue weighted by molar-refractivity contribution is 7.16. The van der Waals surface area contributed by atoms with Crippen LogP contribution in [0, 0.1) is 0 Å². The molecule has 0 radical (unpaired) electrons. The van der Waals surface area contributed by atoms with E-state index in [9.17, 15) is 14.0 Å². The number of carbonyl (C=O) groups excluding carboxylic acids is 2. The van der Waals surface area contributed by atoms with Gasteiger partial charge < -0.3 is 48.4 Å². The molecule has 0 aliphatic carbocycles. The average molecular weight is 1250 g/mol. The van der Waals surface area contributed by atoms with E-state index in [0.717, 1.165) is 21.7 Å². The zero-order valence-corrected chi connectivity index (χ0v) is 51.7. The highest BCUT2D eigenvalue weighted by atomic mass is 35.5. The molecular weight excluding hydrogens is 1190 g/mol. The number of fused-ring (bicyclic) bond motifs is 2. The predicted molar refractivity (Wildman–Crippen MR) is 342 cm³/mol. The minimum absolute atomic E-state index is 0.176. The smallest absolute Gasteiger partial charge is 0.493 e. The van der Waals surface area contributed by atoms with Gasteiger partial charge in [-0.15, -0.1) is 22.7 Å². The van der Waals surface area contributed by atoms with Crippen LogP contribution in [0.1, 0.15) is 70.7 Å². The van der Waals surface area contributed by atoms with Crippen molar-refractivity contribution in [3.05, 3.63) is 183 Å². The van der Waals surface area contributed by atoms with Crippen molar-refractivity contribution in [2.45, 2.75) is 38.9 Å². The van der Waals surface area contributed by atoms with E-state index < -0.39 is 36.1 Å². The second-order valence-corrected chi connectivity index (χ2v) is 22.1. The predicted octanol–water partition coefficient (Wildman–Crippen LogP) is 14.5. The Balaban J connectivity index is 0.000000165. The molecule has 0 unspecified atom stereocenters. The monoisotopic (exact) mass is 1250 g/mol. The minimum Gasteiger partial charge on any atom is -0.493 e. The molecule has 1 aliphatic heterocycles. The summed E-state index contributed by atoms with van der Waals surface area (Å²) in [5.74, 6) is 2.25. The van der Waals surface area contributed by atoms with E-state index in [1.165, 1.54) is 49.0 Å². The molecule has 11 rings (SSSR count). The van der Waals surface area contributed by atoms with Gasteiger partial charge in [-0.05, 0) is 123 Å². The molecule has 6 aromatic carbocycles. The molecule has 4 aromatic heterocycles. The normalized spacial score (nSPS) is 13.4. The van der Waals surface area contributed by atoms with E-state index in [4.69, 9.17) is 49.6 Å². The topological polar surface area (TPSA) is 209 Å². The lowest BCUT2D eigenvalue weighted by Crippen LogP contribution is -2.41. The van der Waals surface area contributed by atoms with Gasteiger partial charge in [0, 0.05) is 40.2 Å². The number of methoxy groups -OCH3 is 6. The Bertz CT molecular complexity index is 4190. The Morgan fingerprint density at radius 3 is 1.47 bits per heavy atom. The van der Waals surface area contributed by atoms with E-state index in [1.54, 1.807) is 137 Å². The second-order valence-electron chi connectivity index (χ2n) is 20.1. The number of benzene rings is 6. The fraction of sp³-hybridized carbons (Fsp3) is 0.188. The minimum atomic E-state index is -0.544. The molecule has 2 N–H and O–H groups in total. The molecule has 18 nitrogen and oxygen atoms in total. The number of halogens is 3. The third-order valence-electron chi connectivity index (χ3n) is 14.0. The Hall–Kier alpha value is -9.39. The first kappa shape index (κ1) is 63.1. The lowest BCUT2D eigenvalue weighted by atomic mass is 9.78. The fourth-order valence-electron chi connectivity index (χ4n) is 8.65. The van der Waals surface area contributed by atoms with Crippen molar-refractivity contribution in [3.63, 3.8) is 0 Å². The van der Waals surface area contributed by atoms with Crippen LogP contribution >= 0.6 is 34.3 Å². The molecule has 0 atom stereocenters. The number of rotatable bonds is 16. The van der Waals surface area contributed by atoms with Crippen molar-refractivity contribution >= 4 is 126 Å². The van der Waals surface area contributed by atoms with Gasteiger partial charge in [-0.2, -0.15) is 4.98 Å². The molecule has 1 saturated heterocycles. The number of esters is 2. The quantitative estimate of drug-likeness (QED) is 0.0399. The van der Waals surface area contributed by atoms with Crippen LogP contribution in [0.15, 0.2) is 144 Å². The van der Waals surface area contributed by atoms with Crippen molar-refractivity contribution in [3.8, 4) is 34.4 Å². The van der Waals surface area contributed by atoms with Gasteiger partial charge in [0.2, 0.25) is 5.28 Å². The number of aromatic nitrogens is 6. The summed E-state index contributed by atoms with van der Waals surface area (Å²) in [5, 5.41) is 6.64. The molecule has 24 heteroatoms. The van der Waals surface area contributed by atoms with Crippen molar-refractivity contribution in [1.29, 1.82) is 0 Å². The highest BCUT2D eigenvalue weighted by Gasteiger charge is 2.51. The van der Waals surface area contributed by atoms with Crippen molar-refractivity contribution in [1.82, 2.24) is 29.9 Å².